The molecule has 0 aliphatic carbocycles. The molecule has 2 aromatic rings. The van der Waals surface area contributed by atoms with E-state index < -0.39 is 0 Å². The monoisotopic (exact) mass is 356 g/mol. The largest absolute Gasteiger partial charge is 0.372 e. The molecule has 2 atom stereocenters. The van der Waals surface area contributed by atoms with Crippen molar-refractivity contribution in [2.45, 2.75) is 58.3 Å². The predicted molar refractivity (Wildman–Crippen MR) is 104 cm³/mol. The van der Waals surface area contributed by atoms with Gasteiger partial charge in [0.15, 0.2) is 0 Å². The van der Waals surface area contributed by atoms with Crippen LogP contribution in [0.1, 0.15) is 50.7 Å². The fraction of sp³-hybridized carbons (Fsp3) is 0.429. The van der Waals surface area contributed by atoms with Crippen molar-refractivity contribution in [1.29, 1.82) is 0 Å². The highest BCUT2D eigenvalue weighted by molar-refractivity contribution is 5.84. The molecule has 2 aromatic carbocycles. The summed E-state index contributed by atoms with van der Waals surface area (Å²) < 4.78 is 5.93. The van der Waals surface area contributed by atoms with Gasteiger partial charge in [0.05, 0.1) is 18.8 Å². The maximum absolute atomic E-state index is 11.0. The maximum atomic E-state index is 11.0. The van der Waals surface area contributed by atoms with E-state index in [0.717, 1.165) is 5.56 Å². The smallest absolute Gasteiger partial charge is 0.217 e. The number of primary amides is 1. The van der Waals surface area contributed by atoms with Gasteiger partial charge in [-0.2, -0.15) is 0 Å². The molecule has 0 saturated carbocycles. The number of carbonyl (C=O) groups excluding carboxylic acids is 2. The van der Waals surface area contributed by atoms with Gasteiger partial charge in [0.25, 0.3) is 0 Å². The second kappa shape index (κ2) is 9.34. The highest BCUT2D eigenvalue weighted by atomic mass is 16.5. The Morgan fingerprint density at radius 2 is 1.88 bits per heavy atom. The number of amides is 2. The van der Waals surface area contributed by atoms with E-state index in [-0.39, 0.29) is 24.5 Å². The zero-order valence-corrected chi connectivity index (χ0v) is 15.7. The minimum atomic E-state index is -0.384. The molecule has 2 unspecified atom stereocenters. The maximum Gasteiger partial charge on any atom is 0.217 e. The number of carbonyl (C=O) groups is 2. The summed E-state index contributed by atoms with van der Waals surface area (Å²) in [5, 5.41) is 5.11. The van der Waals surface area contributed by atoms with Gasteiger partial charge in [-0.1, -0.05) is 44.2 Å². The molecule has 0 bridgehead atoms. The third-order valence-electron chi connectivity index (χ3n) is 4.66. The predicted octanol–water partition coefficient (Wildman–Crippen LogP) is 3.25. The third kappa shape index (κ3) is 5.56. The Morgan fingerprint density at radius 3 is 2.54 bits per heavy atom. The quantitative estimate of drug-likeness (QED) is 0.641. The first-order valence-electron chi connectivity index (χ1n) is 9.03. The lowest BCUT2D eigenvalue weighted by molar-refractivity contribution is -0.119. The van der Waals surface area contributed by atoms with E-state index in [2.05, 4.69) is 55.6 Å². The van der Waals surface area contributed by atoms with Crippen molar-refractivity contribution in [3.63, 3.8) is 0 Å². The lowest BCUT2D eigenvalue weighted by Gasteiger charge is -2.23. The molecule has 0 fully saturated rings. The van der Waals surface area contributed by atoms with Gasteiger partial charge in [-0.15, -0.1) is 0 Å². The Labute approximate surface area is 154 Å². The summed E-state index contributed by atoms with van der Waals surface area (Å²) in [6.45, 7) is 6.70. The van der Waals surface area contributed by atoms with Crippen LogP contribution < -0.4 is 11.1 Å². The summed E-state index contributed by atoms with van der Waals surface area (Å²) in [7, 11) is 0. The Bertz CT molecular complexity index is 758. The lowest BCUT2D eigenvalue weighted by atomic mass is 9.98. The summed E-state index contributed by atoms with van der Waals surface area (Å²) in [6, 6.07) is 12.6. The van der Waals surface area contributed by atoms with Crippen LogP contribution in [0.4, 0.5) is 0 Å². The van der Waals surface area contributed by atoms with Crippen LogP contribution in [0.2, 0.25) is 0 Å². The van der Waals surface area contributed by atoms with Gasteiger partial charge in [0.2, 0.25) is 12.3 Å². The van der Waals surface area contributed by atoms with Crippen LogP contribution in [0.5, 0.6) is 0 Å². The van der Waals surface area contributed by atoms with Crippen molar-refractivity contribution in [1.82, 2.24) is 5.32 Å². The normalized spacial score (nSPS) is 13.5. The molecule has 2 amide bonds. The average Bonchev–Trinajstić information content (AvgIpc) is 2.62. The van der Waals surface area contributed by atoms with E-state index in [9.17, 15) is 9.59 Å². The minimum absolute atomic E-state index is 0.215. The van der Waals surface area contributed by atoms with Gasteiger partial charge in [-0.05, 0) is 47.2 Å². The van der Waals surface area contributed by atoms with Gasteiger partial charge >= 0.3 is 0 Å². The fourth-order valence-electron chi connectivity index (χ4n) is 2.95. The molecule has 0 heterocycles. The van der Waals surface area contributed by atoms with Crippen LogP contribution >= 0.6 is 0 Å². The Kier molecular flexibility index (Phi) is 7.16. The van der Waals surface area contributed by atoms with Crippen LogP contribution in [-0.4, -0.2) is 24.5 Å². The SMILES string of the molecule is CC(C)c1ccc2ccc(COC(C)C(CCC(N)=O)NC=O)cc2c1. The van der Waals surface area contributed by atoms with Crippen molar-refractivity contribution in [2.24, 2.45) is 5.73 Å². The number of ether oxygens (including phenoxy) is 1. The van der Waals surface area contributed by atoms with Gasteiger partial charge in [0, 0.05) is 6.42 Å². The van der Waals surface area contributed by atoms with Crippen molar-refractivity contribution < 1.29 is 14.3 Å². The van der Waals surface area contributed by atoms with Crippen molar-refractivity contribution in [2.75, 3.05) is 0 Å². The first-order chi connectivity index (χ1) is 12.4. The van der Waals surface area contributed by atoms with Crippen LogP contribution in [0.3, 0.4) is 0 Å². The summed E-state index contributed by atoms with van der Waals surface area (Å²) in [5.74, 6) is 0.102. The molecule has 0 aliphatic heterocycles. The molecule has 26 heavy (non-hydrogen) atoms. The standard InChI is InChI=1S/C21H28N2O3/c1-14(2)18-7-6-17-5-4-16(10-19(17)11-18)12-26-15(3)20(23-13-24)8-9-21(22)25/h4-7,10-11,13-15,20H,8-9,12H2,1-3H3,(H2,22,25)(H,23,24). The number of benzene rings is 2. The highest BCUT2D eigenvalue weighted by Crippen LogP contribution is 2.23. The fourth-order valence-corrected chi connectivity index (χ4v) is 2.95. The third-order valence-corrected chi connectivity index (χ3v) is 4.66. The Hall–Kier alpha value is -2.40. The topological polar surface area (TPSA) is 81.4 Å². The summed E-state index contributed by atoms with van der Waals surface area (Å²) in [4.78, 5) is 21.8. The number of nitrogens with two attached hydrogens (primary N) is 1. The van der Waals surface area contributed by atoms with E-state index in [1.165, 1.54) is 16.3 Å². The number of nitrogens with one attached hydrogen (secondary N) is 1. The minimum Gasteiger partial charge on any atom is -0.372 e. The van der Waals surface area contributed by atoms with E-state index in [0.29, 0.717) is 25.4 Å². The van der Waals surface area contributed by atoms with Crippen molar-refractivity contribution in [3.05, 3.63) is 47.5 Å². The molecule has 0 radical (unpaired) electrons. The molecule has 5 heteroatoms. The van der Waals surface area contributed by atoms with Gasteiger partial charge in [-0.3, -0.25) is 9.59 Å². The van der Waals surface area contributed by atoms with E-state index in [1.807, 2.05) is 6.92 Å². The van der Waals surface area contributed by atoms with Crippen LogP contribution in [0, 0.1) is 0 Å². The molecule has 0 saturated heterocycles. The number of fused-ring (bicyclic) bond motifs is 1. The Morgan fingerprint density at radius 1 is 1.15 bits per heavy atom. The molecule has 2 rings (SSSR count). The summed E-state index contributed by atoms with van der Waals surface area (Å²) >= 11 is 0. The second-order valence-electron chi connectivity index (χ2n) is 7.01. The number of hydrogen-bond acceptors (Lipinski definition) is 3. The first kappa shape index (κ1) is 19.9. The molecule has 0 aromatic heterocycles. The molecule has 3 N–H and O–H groups in total. The number of rotatable bonds is 10. The van der Waals surface area contributed by atoms with Crippen molar-refractivity contribution >= 4 is 23.1 Å². The molecule has 140 valence electrons. The van der Waals surface area contributed by atoms with Gasteiger partial charge in [0.1, 0.15) is 0 Å². The Balaban J connectivity index is 2.04. The van der Waals surface area contributed by atoms with Crippen LogP contribution in [-0.2, 0) is 20.9 Å². The highest BCUT2D eigenvalue weighted by Gasteiger charge is 2.18. The molecule has 5 nitrogen and oxygen atoms in total. The average molecular weight is 356 g/mol. The van der Waals surface area contributed by atoms with Gasteiger partial charge in [-0.25, -0.2) is 0 Å². The van der Waals surface area contributed by atoms with Crippen LogP contribution in [0.25, 0.3) is 10.8 Å². The molecular formula is C21H28N2O3. The van der Waals surface area contributed by atoms with E-state index in [4.69, 9.17) is 10.5 Å². The zero-order valence-electron chi connectivity index (χ0n) is 15.7. The molecular weight excluding hydrogens is 328 g/mol. The molecule has 0 spiro atoms. The van der Waals surface area contributed by atoms with E-state index in [1.54, 1.807) is 0 Å². The van der Waals surface area contributed by atoms with Crippen molar-refractivity contribution in [3.8, 4) is 0 Å². The lowest BCUT2D eigenvalue weighted by Crippen LogP contribution is -2.39. The summed E-state index contributed by atoms with van der Waals surface area (Å²) in [5.41, 5.74) is 7.58. The van der Waals surface area contributed by atoms with Crippen LogP contribution in [0.15, 0.2) is 36.4 Å². The van der Waals surface area contributed by atoms with Gasteiger partial charge < -0.3 is 15.8 Å². The van der Waals surface area contributed by atoms with E-state index >= 15 is 0 Å². The first-order valence-corrected chi connectivity index (χ1v) is 9.03. The summed E-state index contributed by atoms with van der Waals surface area (Å²) in [6.07, 6.45) is 1.09. The molecule has 0 aliphatic rings. The zero-order chi connectivity index (χ0) is 19.1. The number of hydrogen-bond donors (Lipinski definition) is 2. The second-order valence-corrected chi connectivity index (χ2v) is 7.01.